The Hall–Kier alpha value is -3.37. The molecule has 4 rings (SSSR count). The van der Waals surface area contributed by atoms with E-state index in [0.29, 0.717) is 24.2 Å². The van der Waals surface area contributed by atoms with Crippen LogP contribution in [0.3, 0.4) is 0 Å². The second-order valence-corrected chi connectivity index (χ2v) is 8.78. The van der Waals surface area contributed by atoms with Crippen LogP contribution in [-0.2, 0) is 16.3 Å². The van der Waals surface area contributed by atoms with E-state index in [-0.39, 0.29) is 23.7 Å². The molecule has 0 bridgehead atoms. The molecule has 0 saturated heterocycles. The number of halogens is 1. The summed E-state index contributed by atoms with van der Waals surface area (Å²) in [4.78, 5) is 46.5. The minimum absolute atomic E-state index is 0.115. The second-order valence-electron chi connectivity index (χ2n) is 8.37. The maximum atomic E-state index is 12.9. The van der Waals surface area contributed by atoms with E-state index < -0.39 is 17.4 Å². The Bertz CT molecular complexity index is 1070. The highest BCUT2D eigenvalue weighted by Crippen LogP contribution is 2.30. The number of rotatable bonds is 7. The molecule has 2 aromatic rings. The van der Waals surface area contributed by atoms with Gasteiger partial charge in [0, 0.05) is 12.7 Å². The van der Waals surface area contributed by atoms with Crippen LogP contribution in [0.5, 0.6) is 0 Å². The first kappa shape index (κ1) is 23.8. The predicted molar refractivity (Wildman–Crippen MR) is 127 cm³/mol. The van der Waals surface area contributed by atoms with Crippen LogP contribution in [0.25, 0.3) is 0 Å². The van der Waals surface area contributed by atoms with Gasteiger partial charge in [-0.1, -0.05) is 48.5 Å². The van der Waals surface area contributed by atoms with Gasteiger partial charge in [-0.05, 0) is 43.2 Å². The van der Waals surface area contributed by atoms with Gasteiger partial charge in [-0.3, -0.25) is 14.6 Å². The van der Waals surface area contributed by atoms with Crippen molar-refractivity contribution in [1.29, 1.82) is 0 Å². The molecule has 2 aliphatic rings. The number of hydroxylamine groups is 2. The molecule has 1 aliphatic heterocycles. The van der Waals surface area contributed by atoms with Gasteiger partial charge in [0.15, 0.2) is 0 Å². The van der Waals surface area contributed by atoms with E-state index in [1.165, 1.54) is 6.07 Å². The van der Waals surface area contributed by atoms with Gasteiger partial charge in [0.25, 0.3) is 11.8 Å². The van der Waals surface area contributed by atoms with Gasteiger partial charge in [-0.25, -0.2) is 0 Å². The Labute approximate surface area is 201 Å². The highest BCUT2D eigenvalue weighted by molar-refractivity contribution is 6.34. The Morgan fingerprint density at radius 2 is 1.97 bits per heavy atom. The molecular formula is C23H25ClN6O4. The van der Waals surface area contributed by atoms with Crippen molar-refractivity contribution in [3.05, 3.63) is 63.8 Å². The van der Waals surface area contributed by atoms with Crippen LogP contribution in [0.2, 0.25) is 5.02 Å². The number of nitrogens with zero attached hydrogens (tertiary/aromatic N) is 5. The smallest absolute Gasteiger partial charge is 0.292 e. The number of amides is 2. The molecule has 1 aromatic carbocycles. The molecule has 2 heterocycles. The fourth-order valence-corrected chi connectivity index (χ4v) is 4.22. The van der Waals surface area contributed by atoms with Crippen LogP contribution >= 0.6 is 11.6 Å². The normalized spacial score (nSPS) is 17.9. The maximum absolute atomic E-state index is 12.9. The van der Waals surface area contributed by atoms with E-state index in [1.807, 2.05) is 6.07 Å². The summed E-state index contributed by atoms with van der Waals surface area (Å²) >= 11 is 6.29. The molecule has 10 nitrogen and oxygen atoms in total. The molecule has 178 valence electrons. The molecule has 1 N–H and O–H groups in total. The lowest BCUT2D eigenvalue weighted by atomic mass is 9.91. The van der Waals surface area contributed by atoms with Crippen LogP contribution in [-0.4, -0.2) is 40.2 Å². The summed E-state index contributed by atoms with van der Waals surface area (Å²) in [6.45, 7) is 0.268. The zero-order chi connectivity index (χ0) is 24.0. The van der Waals surface area contributed by atoms with E-state index in [2.05, 4.69) is 20.6 Å². The van der Waals surface area contributed by atoms with Gasteiger partial charge < -0.3 is 5.32 Å². The summed E-state index contributed by atoms with van der Waals surface area (Å²) in [5.41, 5.74) is 0.435. The van der Waals surface area contributed by atoms with Crippen LogP contribution in [0.1, 0.15) is 54.6 Å². The number of benzene rings is 1. The van der Waals surface area contributed by atoms with Crippen molar-refractivity contribution in [2.45, 2.75) is 50.6 Å². The van der Waals surface area contributed by atoms with Gasteiger partial charge in [-0.2, -0.15) is 9.97 Å². The highest BCUT2D eigenvalue weighted by Gasteiger charge is 2.33. The summed E-state index contributed by atoms with van der Waals surface area (Å²) < 4.78 is 0. The van der Waals surface area contributed by atoms with Crippen LogP contribution in [0, 0.1) is 4.91 Å². The van der Waals surface area contributed by atoms with Gasteiger partial charge in [0.1, 0.15) is 11.8 Å². The highest BCUT2D eigenvalue weighted by atomic mass is 35.5. The van der Waals surface area contributed by atoms with Crippen molar-refractivity contribution < 1.29 is 14.5 Å². The van der Waals surface area contributed by atoms with E-state index >= 15 is 0 Å². The van der Waals surface area contributed by atoms with E-state index in [1.54, 1.807) is 30.5 Å². The molecule has 0 spiro atoms. The van der Waals surface area contributed by atoms with E-state index in [4.69, 9.17) is 16.5 Å². The lowest BCUT2D eigenvalue weighted by Crippen LogP contribution is -2.42. The van der Waals surface area contributed by atoms with Gasteiger partial charge >= 0.3 is 0 Å². The molecule has 1 aromatic heterocycles. The SMILES string of the molecule is O=NC1(CNC(=O)c2cc(N3N=CC(=O)N(Cc4ccccn4)O3)ccc2Cl)CCCCCC1. The van der Waals surface area contributed by atoms with Crippen molar-refractivity contribution in [3.63, 3.8) is 0 Å². The summed E-state index contributed by atoms with van der Waals surface area (Å²) in [5.74, 6) is -0.870. The van der Waals surface area contributed by atoms with Gasteiger partial charge in [0.05, 0.1) is 28.5 Å². The summed E-state index contributed by atoms with van der Waals surface area (Å²) in [6.07, 6.45) is 8.00. The number of pyridine rings is 1. The number of hydrazone groups is 1. The number of nitrogens with one attached hydrogen (secondary N) is 1. The van der Waals surface area contributed by atoms with Crippen LogP contribution < -0.4 is 10.5 Å². The molecule has 1 aliphatic carbocycles. The van der Waals surface area contributed by atoms with Crippen LogP contribution in [0.15, 0.2) is 52.9 Å². The van der Waals surface area contributed by atoms with Crippen molar-refractivity contribution in [3.8, 4) is 0 Å². The first-order valence-corrected chi connectivity index (χ1v) is 11.5. The Kier molecular flexibility index (Phi) is 7.49. The lowest BCUT2D eigenvalue weighted by molar-refractivity contribution is -0.192. The first-order valence-electron chi connectivity index (χ1n) is 11.2. The van der Waals surface area contributed by atoms with E-state index in [0.717, 1.165) is 42.1 Å². The maximum Gasteiger partial charge on any atom is 0.292 e. The second kappa shape index (κ2) is 10.7. The largest absolute Gasteiger partial charge is 0.349 e. The molecule has 11 heteroatoms. The Morgan fingerprint density at radius 1 is 1.18 bits per heavy atom. The zero-order valence-corrected chi connectivity index (χ0v) is 19.3. The number of hydrogen-bond acceptors (Lipinski definition) is 8. The molecule has 0 radical (unpaired) electrons. The number of carbonyl (C=O) groups excluding carboxylic acids is 2. The minimum Gasteiger partial charge on any atom is -0.349 e. The number of carbonyl (C=O) groups is 2. The third kappa shape index (κ3) is 5.57. The molecule has 0 unspecified atom stereocenters. The van der Waals surface area contributed by atoms with Crippen molar-refractivity contribution in [2.75, 3.05) is 11.7 Å². The molecule has 1 saturated carbocycles. The monoisotopic (exact) mass is 484 g/mol. The Morgan fingerprint density at radius 3 is 2.68 bits per heavy atom. The number of hydrogen-bond donors (Lipinski definition) is 1. The first-order chi connectivity index (χ1) is 16.5. The third-order valence-electron chi connectivity index (χ3n) is 5.95. The summed E-state index contributed by atoms with van der Waals surface area (Å²) in [6, 6.07) is 10.0. The molecule has 1 fully saturated rings. The van der Waals surface area contributed by atoms with Crippen LogP contribution in [0.4, 0.5) is 5.69 Å². The Balaban J connectivity index is 1.46. The average Bonchev–Trinajstić information content (AvgIpc) is 3.11. The quantitative estimate of drug-likeness (QED) is 0.469. The average molecular weight is 485 g/mol. The summed E-state index contributed by atoms with van der Waals surface area (Å²) in [5, 5.41) is 12.7. The predicted octanol–water partition coefficient (Wildman–Crippen LogP) is 4.01. The summed E-state index contributed by atoms with van der Waals surface area (Å²) in [7, 11) is 0. The fourth-order valence-electron chi connectivity index (χ4n) is 4.01. The fraction of sp³-hybridized carbons (Fsp3) is 0.391. The number of nitroso groups, excluding NO2 is 1. The molecule has 2 amide bonds. The van der Waals surface area contributed by atoms with Crippen molar-refractivity contribution in [1.82, 2.24) is 15.4 Å². The van der Waals surface area contributed by atoms with Gasteiger partial charge in [0.2, 0.25) is 0 Å². The zero-order valence-electron chi connectivity index (χ0n) is 18.5. The topological polar surface area (TPSA) is 117 Å². The number of anilines is 1. The van der Waals surface area contributed by atoms with Crippen molar-refractivity contribution >= 4 is 35.3 Å². The molecule has 0 atom stereocenters. The van der Waals surface area contributed by atoms with Gasteiger partial charge in [-0.15, -0.1) is 15.2 Å². The molecule has 34 heavy (non-hydrogen) atoms. The van der Waals surface area contributed by atoms with E-state index in [9.17, 15) is 14.5 Å². The number of aromatic nitrogens is 1. The van der Waals surface area contributed by atoms with Crippen molar-refractivity contribution in [2.24, 2.45) is 10.3 Å². The molecular weight excluding hydrogens is 460 g/mol. The standard InChI is InChI=1S/C23H25ClN6O4/c24-20-9-8-18(30-27-14-21(31)29(34-30)15-17-7-3-6-12-25-17)13-19(20)22(32)26-16-23(28-33)10-4-1-2-5-11-23/h3,6-9,12-14H,1-2,4-5,10-11,15-16H2,(H,26,32). The lowest BCUT2D eigenvalue weighted by Gasteiger charge is -2.29. The minimum atomic E-state index is -0.789. The third-order valence-corrected chi connectivity index (χ3v) is 6.28.